The summed E-state index contributed by atoms with van der Waals surface area (Å²) in [5, 5.41) is 0. The van der Waals surface area contributed by atoms with Crippen molar-refractivity contribution in [3.63, 3.8) is 0 Å². The number of hydrogen-bond acceptors (Lipinski definition) is 0. The lowest BCUT2D eigenvalue weighted by Gasteiger charge is -2.23. The van der Waals surface area contributed by atoms with E-state index >= 15 is 0 Å². The number of hydrogen-bond donors (Lipinski definition) is 0. The summed E-state index contributed by atoms with van der Waals surface area (Å²) in [4.78, 5) is 5.09. The van der Waals surface area contributed by atoms with E-state index in [1.165, 1.54) is 270 Å². The standard InChI is InChI=1S/C66H111S/c1-7-13-19-25-31-38-46-58-54-60(48-40-33-27-21-15-9-3)65(61(55-58)49-41-34-28-22-16-10-4)67(64-52-44-37-45-53-64)66-62(50-42-35-29-23-17-11-5)56-59(47-39-32-26-20-14-8-2)57-63(66)51-43-36-30-24-18-12-6/h37,44-45,52-57H,7-36,38-43,46-51H2,1-6H3/q+1. The van der Waals surface area contributed by atoms with Crippen molar-refractivity contribution in [2.24, 2.45) is 0 Å². The number of aryl methyl sites for hydroxylation is 6. The Morgan fingerprint density at radius 3 is 0.731 bits per heavy atom. The molecule has 0 aliphatic heterocycles. The van der Waals surface area contributed by atoms with Gasteiger partial charge in [-0.2, -0.15) is 0 Å². The highest BCUT2D eigenvalue weighted by molar-refractivity contribution is 7.97. The van der Waals surface area contributed by atoms with Gasteiger partial charge in [-0.1, -0.05) is 277 Å². The largest absolute Gasteiger partial charge is 0.172 e. The van der Waals surface area contributed by atoms with Gasteiger partial charge in [0.2, 0.25) is 0 Å². The van der Waals surface area contributed by atoms with Gasteiger partial charge in [-0.25, -0.2) is 0 Å². The Morgan fingerprint density at radius 2 is 0.478 bits per heavy atom. The highest BCUT2D eigenvalue weighted by atomic mass is 32.2. The molecule has 0 saturated heterocycles. The van der Waals surface area contributed by atoms with Crippen LogP contribution in [0.15, 0.2) is 69.3 Å². The zero-order valence-electron chi connectivity index (χ0n) is 45.8. The lowest BCUT2D eigenvalue weighted by atomic mass is 9.94. The zero-order chi connectivity index (χ0) is 47.8. The Hall–Kier alpha value is -1.99. The molecule has 0 aliphatic rings. The fraction of sp³-hybridized carbons (Fsp3) is 0.727. The summed E-state index contributed by atoms with van der Waals surface area (Å²) in [6.45, 7) is 14.1. The quantitative estimate of drug-likeness (QED) is 0.0391. The number of unbranched alkanes of at least 4 members (excludes halogenated alkanes) is 30. The summed E-state index contributed by atoms with van der Waals surface area (Å²) in [6.07, 6.45) is 56.7. The molecule has 0 aromatic heterocycles. The van der Waals surface area contributed by atoms with Gasteiger partial charge in [0.05, 0.1) is 0 Å². The molecule has 0 amide bonds. The van der Waals surface area contributed by atoms with Crippen LogP contribution >= 0.6 is 0 Å². The maximum absolute atomic E-state index is 2.79. The van der Waals surface area contributed by atoms with Gasteiger partial charge in [-0.05, 0) is 100 Å². The van der Waals surface area contributed by atoms with Crippen molar-refractivity contribution in [2.75, 3.05) is 0 Å². The van der Waals surface area contributed by atoms with Crippen molar-refractivity contribution < 1.29 is 0 Å². The van der Waals surface area contributed by atoms with Crippen LogP contribution in [-0.4, -0.2) is 0 Å². The monoisotopic (exact) mass is 936 g/mol. The number of rotatable bonds is 45. The van der Waals surface area contributed by atoms with Gasteiger partial charge >= 0.3 is 0 Å². The molecular formula is C66H111S+. The van der Waals surface area contributed by atoms with Crippen molar-refractivity contribution in [3.05, 3.63) is 88.0 Å². The summed E-state index contributed by atoms with van der Waals surface area (Å²) < 4.78 is 0. The van der Waals surface area contributed by atoms with E-state index in [-0.39, 0.29) is 10.9 Å². The van der Waals surface area contributed by atoms with Crippen LogP contribution in [0.4, 0.5) is 0 Å². The predicted octanol–water partition coefficient (Wildman–Crippen LogP) is 22.2. The fourth-order valence-corrected chi connectivity index (χ4v) is 13.5. The predicted molar refractivity (Wildman–Crippen MR) is 304 cm³/mol. The summed E-state index contributed by atoms with van der Waals surface area (Å²) in [6, 6.07) is 23.3. The topological polar surface area (TPSA) is 0 Å². The van der Waals surface area contributed by atoms with Gasteiger partial charge < -0.3 is 0 Å². The maximum Gasteiger partial charge on any atom is 0.172 e. The second-order valence-corrected chi connectivity index (χ2v) is 23.1. The molecule has 1 heteroatoms. The van der Waals surface area contributed by atoms with E-state index < -0.39 is 0 Å². The average molecular weight is 937 g/mol. The Balaban J connectivity index is 2.30. The van der Waals surface area contributed by atoms with E-state index in [9.17, 15) is 0 Å². The molecule has 3 aromatic carbocycles. The molecule has 0 heterocycles. The first kappa shape index (κ1) is 59.3. The van der Waals surface area contributed by atoms with E-state index in [0.29, 0.717) is 0 Å². The van der Waals surface area contributed by atoms with E-state index in [0.717, 1.165) is 0 Å². The summed E-state index contributed by atoms with van der Waals surface area (Å²) in [5.41, 5.74) is 10.2. The molecule has 0 saturated carbocycles. The van der Waals surface area contributed by atoms with E-state index in [1.807, 2.05) is 0 Å². The molecule has 0 fully saturated rings. The highest BCUT2D eigenvalue weighted by Crippen LogP contribution is 2.43. The smallest absolute Gasteiger partial charge is 0.0654 e. The minimum atomic E-state index is -0.141. The fourth-order valence-electron chi connectivity index (χ4n) is 10.7. The molecule has 67 heavy (non-hydrogen) atoms. The van der Waals surface area contributed by atoms with Gasteiger partial charge in [-0.15, -0.1) is 0 Å². The molecule has 0 nitrogen and oxygen atoms in total. The van der Waals surface area contributed by atoms with E-state index in [4.69, 9.17) is 0 Å². The maximum atomic E-state index is 2.79. The normalized spacial score (nSPS) is 11.7. The third-order valence-electron chi connectivity index (χ3n) is 14.8. The Kier molecular flexibility index (Phi) is 36.0. The Morgan fingerprint density at radius 1 is 0.254 bits per heavy atom. The first-order valence-corrected chi connectivity index (χ1v) is 31.4. The summed E-state index contributed by atoms with van der Waals surface area (Å²) in [5.74, 6) is 0. The highest BCUT2D eigenvalue weighted by Gasteiger charge is 2.38. The van der Waals surface area contributed by atoms with Crippen molar-refractivity contribution in [1.82, 2.24) is 0 Å². The molecule has 380 valence electrons. The van der Waals surface area contributed by atoms with E-state index in [2.05, 4.69) is 96.1 Å². The molecule has 0 radical (unpaired) electrons. The van der Waals surface area contributed by atoms with Crippen LogP contribution in [0.1, 0.15) is 306 Å². The summed E-state index contributed by atoms with van der Waals surface area (Å²) in [7, 11) is -0.141. The van der Waals surface area contributed by atoms with Crippen molar-refractivity contribution in [3.8, 4) is 0 Å². The van der Waals surface area contributed by atoms with Crippen LogP contribution in [-0.2, 0) is 49.4 Å². The molecule has 0 unspecified atom stereocenters. The lowest BCUT2D eigenvalue weighted by Crippen LogP contribution is -2.17. The van der Waals surface area contributed by atoms with Crippen LogP contribution < -0.4 is 0 Å². The molecule has 3 rings (SSSR count). The molecule has 0 N–H and O–H groups in total. The van der Waals surface area contributed by atoms with E-state index in [1.54, 1.807) is 48.1 Å². The third-order valence-corrected chi connectivity index (χ3v) is 17.4. The lowest BCUT2D eigenvalue weighted by molar-refractivity contribution is 0.597. The minimum Gasteiger partial charge on any atom is -0.0654 e. The van der Waals surface area contributed by atoms with Crippen LogP contribution in [0.2, 0.25) is 0 Å². The molecule has 3 aromatic rings. The van der Waals surface area contributed by atoms with Gasteiger partial charge in [0.15, 0.2) is 14.7 Å². The van der Waals surface area contributed by atoms with Gasteiger partial charge in [0.1, 0.15) is 10.9 Å². The van der Waals surface area contributed by atoms with Crippen molar-refractivity contribution >= 4 is 10.9 Å². The Bertz CT molecular complexity index is 1410. The Labute approximate surface area is 422 Å². The first-order chi connectivity index (χ1) is 33.1. The molecule has 0 bridgehead atoms. The van der Waals surface area contributed by atoms with Gasteiger partial charge in [0, 0.05) is 22.3 Å². The molecule has 0 atom stereocenters. The van der Waals surface area contributed by atoms with Crippen LogP contribution in [0.5, 0.6) is 0 Å². The second-order valence-electron chi connectivity index (χ2n) is 21.2. The summed E-state index contributed by atoms with van der Waals surface area (Å²) >= 11 is 0. The van der Waals surface area contributed by atoms with Crippen LogP contribution in [0.25, 0.3) is 0 Å². The van der Waals surface area contributed by atoms with Crippen molar-refractivity contribution in [2.45, 2.75) is 326 Å². The molecular weight excluding hydrogens is 825 g/mol. The SMILES string of the molecule is CCCCCCCCc1cc(CCCCCCCC)c([S+](c2ccccc2)c2c(CCCCCCCC)cc(CCCCCCCC)cc2CCCCCCCC)c(CCCCCCCC)c1. The van der Waals surface area contributed by atoms with Gasteiger partial charge in [-0.3, -0.25) is 0 Å². The zero-order valence-corrected chi connectivity index (χ0v) is 46.6. The second kappa shape index (κ2) is 40.7. The van der Waals surface area contributed by atoms with Gasteiger partial charge in [0.25, 0.3) is 0 Å². The average Bonchev–Trinajstić information content (AvgIpc) is 3.34. The van der Waals surface area contributed by atoms with Crippen LogP contribution in [0.3, 0.4) is 0 Å². The molecule has 0 aliphatic carbocycles. The third kappa shape index (κ3) is 25.6. The first-order valence-electron chi connectivity index (χ1n) is 30.2. The molecule has 0 spiro atoms. The van der Waals surface area contributed by atoms with Crippen molar-refractivity contribution in [1.29, 1.82) is 0 Å². The minimum absolute atomic E-state index is 0.141. The van der Waals surface area contributed by atoms with Crippen LogP contribution in [0, 0.1) is 0 Å². The number of benzene rings is 3.